The number of likely N-dealkylation sites (tertiary alicyclic amines) is 1. The predicted octanol–water partition coefficient (Wildman–Crippen LogP) is 2.86. The summed E-state index contributed by atoms with van der Waals surface area (Å²) in [6.45, 7) is 3.63. The minimum Gasteiger partial charge on any atom is -0.393 e. The van der Waals surface area contributed by atoms with Crippen molar-refractivity contribution in [3.05, 3.63) is 34.9 Å². The Morgan fingerprint density at radius 3 is 2.76 bits per heavy atom. The smallest absolute Gasteiger partial charge is 0.253 e. The molecule has 138 valence electrons. The molecule has 1 saturated heterocycles. The summed E-state index contributed by atoms with van der Waals surface area (Å²) in [4.78, 5) is 26.7. The minimum atomic E-state index is -0.293. The number of nitrogens with one attached hydrogen (secondary N) is 1. The SMILES string of the molecule is CC[C@H](O)CCCNC(=O)[C@H]1CCCN(C(=O)c2ccc(Cl)cc2)C1. The first-order valence-electron chi connectivity index (χ1n) is 9.02. The van der Waals surface area contributed by atoms with Gasteiger partial charge in [0.25, 0.3) is 5.91 Å². The molecule has 5 nitrogen and oxygen atoms in total. The summed E-state index contributed by atoms with van der Waals surface area (Å²) in [5.41, 5.74) is 0.596. The van der Waals surface area contributed by atoms with E-state index >= 15 is 0 Å². The van der Waals surface area contributed by atoms with E-state index in [0.717, 1.165) is 25.7 Å². The summed E-state index contributed by atoms with van der Waals surface area (Å²) in [6, 6.07) is 6.84. The number of carbonyl (C=O) groups excluding carboxylic acids is 2. The van der Waals surface area contributed by atoms with Gasteiger partial charge in [-0.3, -0.25) is 9.59 Å². The van der Waals surface area contributed by atoms with Crippen molar-refractivity contribution in [2.75, 3.05) is 19.6 Å². The van der Waals surface area contributed by atoms with Crippen molar-refractivity contribution in [2.45, 2.75) is 45.1 Å². The number of rotatable bonds is 7. The first kappa shape index (κ1) is 19.7. The highest BCUT2D eigenvalue weighted by molar-refractivity contribution is 6.30. The Morgan fingerprint density at radius 1 is 1.36 bits per heavy atom. The number of hydrogen-bond donors (Lipinski definition) is 2. The second-order valence-electron chi connectivity index (χ2n) is 6.59. The zero-order valence-corrected chi connectivity index (χ0v) is 15.5. The molecule has 1 aliphatic rings. The Morgan fingerprint density at radius 2 is 2.08 bits per heavy atom. The van der Waals surface area contributed by atoms with Gasteiger partial charge in [0.15, 0.2) is 0 Å². The number of aliphatic hydroxyl groups excluding tert-OH is 1. The molecule has 2 amide bonds. The summed E-state index contributed by atoms with van der Waals surface area (Å²) < 4.78 is 0. The van der Waals surface area contributed by atoms with Gasteiger partial charge in [0.1, 0.15) is 0 Å². The van der Waals surface area contributed by atoms with Crippen LogP contribution in [-0.2, 0) is 4.79 Å². The molecular formula is C19H27ClN2O3. The maximum atomic E-state index is 12.6. The van der Waals surface area contributed by atoms with E-state index in [2.05, 4.69) is 5.32 Å². The van der Waals surface area contributed by atoms with Gasteiger partial charge in [-0.2, -0.15) is 0 Å². The first-order chi connectivity index (χ1) is 12.0. The molecule has 0 radical (unpaired) electrons. The highest BCUT2D eigenvalue weighted by Crippen LogP contribution is 2.20. The molecule has 2 rings (SSSR count). The van der Waals surface area contributed by atoms with Gasteiger partial charge in [-0.25, -0.2) is 0 Å². The quantitative estimate of drug-likeness (QED) is 0.729. The van der Waals surface area contributed by atoms with Gasteiger partial charge in [-0.1, -0.05) is 18.5 Å². The lowest BCUT2D eigenvalue weighted by atomic mass is 9.96. The lowest BCUT2D eigenvalue weighted by molar-refractivity contribution is -0.126. The molecule has 0 saturated carbocycles. The van der Waals surface area contributed by atoms with Crippen LogP contribution in [0, 0.1) is 5.92 Å². The Kier molecular flexibility index (Phi) is 7.72. The van der Waals surface area contributed by atoms with Crippen LogP contribution in [0.3, 0.4) is 0 Å². The summed E-state index contributed by atoms with van der Waals surface area (Å²) >= 11 is 5.86. The second kappa shape index (κ2) is 9.78. The lowest BCUT2D eigenvalue weighted by Crippen LogP contribution is -2.45. The molecule has 0 aliphatic carbocycles. The molecule has 0 bridgehead atoms. The van der Waals surface area contributed by atoms with Crippen LogP contribution in [-0.4, -0.2) is 47.6 Å². The van der Waals surface area contributed by atoms with E-state index in [-0.39, 0.29) is 23.8 Å². The van der Waals surface area contributed by atoms with E-state index in [4.69, 9.17) is 11.6 Å². The number of piperidine rings is 1. The van der Waals surface area contributed by atoms with E-state index < -0.39 is 0 Å². The number of hydrogen-bond acceptors (Lipinski definition) is 3. The van der Waals surface area contributed by atoms with Crippen molar-refractivity contribution in [3.8, 4) is 0 Å². The van der Waals surface area contributed by atoms with Crippen LogP contribution in [0.2, 0.25) is 5.02 Å². The highest BCUT2D eigenvalue weighted by Gasteiger charge is 2.28. The normalized spacial score (nSPS) is 18.7. The number of benzene rings is 1. The van der Waals surface area contributed by atoms with Gasteiger partial charge >= 0.3 is 0 Å². The summed E-state index contributed by atoms with van der Waals surface area (Å²) in [5, 5.41) is 13.1. The molecule has 2 N–H and O–H groups in total. The largest absolute Gasteiger partial charge is 0.393 e. The average Bonchev–Trinajstić information content (AvgIpc) is 2.65. The fourth-order valence-electron chi connectivity index (χ4n) is 3.05. The molecule has 1 heterocycles. The van der Waals surface area contributed by atoms with E-state index in [9.17, 15) is 14.7 Å². The Hall–Kier alpha value is -1.59. The van der Waals surface area contributed by atoms with Crippen molar-refractivity contribution >= 4 is 23.4 Å². The van der Waals surface area contributed by atoms with Gasteiger partial charge in [-0.15, -0.1) is 0 Å². The lowest BCUT2D eigenvalue weighted by Gasteiger charge is -2.32. The maximum Gasteiger partial charge on any atom is 0.253 e. The third-order valence-corrected chi connectivity index (χ3v) is 4.91. The number of aliphatic hydroxyl groups is 1. The van der Waals surface area contributed by atoms with Crippen LogP contribution < -0.4 is 5.32 Å². The van der Waals surface area contributed by atoms with Crippen LogP contribution in [0.4, 0.5) is 0 Å². The molecule has 1 aromatic carbocycles. The molecule has 2 atom stereocenters. The number of halogens is 1. The topological polar surface area (TPSA) is 69.6 Å². The van der Waals surface area contributed by atoms with E-state index in [1.54, 1.807) is 29.2 Å². The summed E-state index contributed by atoms with van der Waals surface area (Å²) in [5.74, 6) is -0.221. The highest BCUT2D eigenvalue weighted by atomic mass is 35.5. The van der Waals surface area contributed by atoms with Gasteiger partial charge in [-0.05, 0) is 56.4 Å². The van der Waals surface area contributed by atoms with Crippen molar-refractivity contribution < 1.29 is 14.7 Å². The van der Waals surface area contributed by atoms with Gasteiger partial charge in [0.2, 0.25) is 5.91 Å². The van der Waals surface area contributed by atoms with Crippen LogP contribution >= 0.6 is 11.6 Å². The molecule has 0 unspecified atom stereocenters. The van der Waals surface area contributed by atoms with E-state index in [0.29, 0.717) is 36.6 Å². The third kappa shape index (κ3) is 6.01. The van der Waals surface area contributed by atoms with Crippen molar-refractivity contribution in [3.63, 3.8) is 0 Å². The Labute approximate surface area is 154 Å². The van der Waals surface area contributed by atoms with Crippen LogP contribution in [0.15, 0.2) is 24.3 Å². The minimum absolute atomic E-state index is 0.000376. The van der Waals surface area contributed by atoms with Gasteiger partial charge in [0, 0.05) is 30.2 Å². The molecule has 1 aromatic rings. The standard InChI is InChI=1S/C19H27ClN2O3/c1-2-17(23)6-3-11-21-18(24)15-5-4-12-22(13-15)19(25)14-7-9-16(20)10-8-14/h7-10,15,17,23H,2-6,11-13H2,1H3,(H,21,24)/t15-,17-/m0/s1. The second-order valence-corrected chi connectivity index (χ2v) is 7.03. The van der Waals surface area contributed by atoms with Crippen molar-refractivity contribution in [2.24, 2.45) is 5.92 Å². The molecule has 1 fully saturated rings. The molecule has 0 aromatic heterocycles. The predicted molar refractivity (Wildman–Crippen MR) is 98.6 cm³/mol. The third-order valence-electron chi connectivity index (χ3n) is 4.66. The van der Waals surface area contributed by atoms with E-state index in [1.807, 2.05) is 6.92 Å². The van der Waals surface area contributed by atoms with Gasteiger partial charge in [0.05, 0.1) is 12.0 Å². The zero-order valence-electron chi connectivity index (χ0n) is 14.7. The number of nitrogens with zero attached hydrogens (tertiary/aromatic N) is 1. The van der Waals surface area contributed by atoms with Gasteiger partial charge < -0.3 is 15.3 Å². The van der Waals surface area contributed by atoms with Crippen LogP contribution in [0.25, 0.3) is 0 Å². The molecule has 1 aliphatic heterocycles. The fourth-order valence-corrected chi connectivity index (χ4v) is 3.17. The van der Waals surface area contributed by atoms with Crippen molar-refractivity contribution in [1.82, 2.24) is 10.2 Å². The first-order valence-corrected chi connectivity index (χ1v) is 9.39. The number of carbonyl (C=O) groups is 2. The molecule has 6 heteroatoms. The molecular weight excluding hydrogens is 340 g/mol. The summed E-state index contributed by atoms with van der Waals surface area (Å²) in [7, 11) is 0. The average molecular weight is 367 g/mol. The van der Waals surface area contributed by atoms with Crippen LogP contribution in [0.1, 0.15) is 49.4 Å². The van der Waals surface area contributed by atoms with E-state index in [1.165, 1.54) is 0 Å². The monoisotopic (exact) mass is 366 g/mol. The fraction of sp³-hybridized carbons (Fsp3) is 0.579. The van der Waals surface area contributed by atoms with Crippen molar-refractivity contribution in [1.29, 1.82) is 0 Å². The zero-order chi connectivity index (χ0) is 18.2. The molecule has 0 spiro atoms. The van der Waals surface area contributed by atoms with Crippen LogP contribution in [0.5, 0.6) is 0 Å². The maximum absolute atomic E-state index is 12.6. The Bertz CT molecular complexity index is 577. The molecule has 25 heavy (non-hydrogen) atoms. The Balaban J connectivity index is 1.82. The number of amides is 2. The summed E-state index contributed by atoms with van der Waals surface area (Å²) in [6.07, 6.45) is 3.53.